The van der Waals surface area contributed by atoms with Crippen molar-refractivity contribution in [3.63, 3.8) is 0 Å². The first-order valence-corrected chi connectivity index (χ1v) is 11.0. The summed E-state index contributed by atoms with van der Waals surface area (Å²) in [4.78, 5) is 24.6. The van der Waals surface area contributed by atoms with Gasteiger partial charge >= 0.3 is 0 Å². The first-order chi connectivity index (χ1) is 13.9. The highest BCUT2D eigenvalue weighted by atomic mass is 35.5. The molecule has 1 amide bonds. The van der Waals surface area contributed by atoms with Crippen LogP contribution in [0, 0.1) is 0 Å². The molecule has 1 aliphatic heterocycles. The van der Waals surface area contributed by atoms with Crippen LogP contribution < -0.4 is 5.32 Å². The maximum Gasteiger partial charge on any atom is 0.277 e. The average molecular weight is 488 g/mol. The number of hydrogen-bond donors (Lipinski definition) is 1. The maximum atomic E-state index is 12.6. The van der Waals surface area contributed by atoms with E-state index in [-0.39, 0.29) is 25.9 Å². The van der Waals surface area contributed by atoms with E-state index >= 15 is 0 Å². The number of nitrogens with one attached hydrogen (secondary N) is 1. The molecular formula is C19H14Cl4N4OS. The van der Waals surface area contributed by atoms with Crippen LogP contribution in [0.1, 0.15) is 26.6 Å². The van der Waals surface area contributed by atoms with E-state index in [0.29, 0.717) is 5.13 Å². The minimum absolute atomic E-state index is 0.00605. The van der Waals surface area contributed by atoms with Gasteiger partial charge in [0.25, 0.3) is 5.91 Å². The zero-order chi connectivity index (χ0) is 20.5. The van der Waals surface area contributed by atoms with Crippen molar-refractivity contribution in [1.82, 2.24) is 14.9 Å². The quantitative estimate of drug-likeness (QED) is 0.461. The van der Waals surface area contributed by atoms with E-state index in [1.807, 2.05) is 18.2 Å². The fourth-order valence-electron chi connectivity index (χ4n) is 3.07. The number of anilines is 1. The number of benzene rings is 1. The van der Waals surface area contributed by atoms with Crippen molar-refractivity contribution in [3.05, 3.63) is 72.4 Å². The molecule has 150 valence electrons. The number of carbonyl (C=O) groups is 1. The molecule has 1 aromatic carbocycles. The molecule has 1 aliphatic rings. The number of carbonyl (C=O) groups excluding carboxylic acids is 1. The van der Waals surface area contributed by atoms with Crippen LogP contribution in [0.25, 0.3) is 0 Å². The summed E-state index contributed by atoms with van der Waals surface area (Å²) in [5.74, 6) is -0.539. The number of hydrogen-bond acceptors (Lipinski definition) is 5. The van der Waals surface area contributed by atoms with E-state index in [0.717, 1.165) is 36.6 Å². The molecule has 0 saturated heterocycles. The molecule has 0 unspecified atom stereocenters. The molecular weight excluding hydrogens is 474 g/mol. The lowest BCUT2D eigenvalue weighted by molar-refractivity contribution is 0.102. The second-order valence-corrected chi connectivity index (χ2v) is 9.06. The molecule has 0 saturated carbocycles. The Bertz CT molecular complexity index is 1070. The number of thiazole rings is 1. The molecule has 29 heavy (non-hydrogen) atoms. The summed E-state index contributed by atoms with van der Waals surface area (Å²) in [6.45, 7) is 2.57. The number of rotatable bonds is 4. The number of nitrogens with zero attached hydrogens (tertiary/aromatic N) is 3. The molecule has 0 fully saturated rings. The van der Waals surface area contributed by atoms with Gasteiger partial charge in [-0.15, -0.1) is 11.3 Å². The van der Waals surface area contributed by atoms with Gasteiger partial charge in [0.2, 0.25) is 0 Å². The number of amides is 1. The first kappa shape index (κ1) is 20.8. The third-order valence-electron chi connectivity index (χ3n) is 4.48. The van der Waals surface area contributed by atoms with Gasteiger partial charge in [-0.05, 0) is 5.56 Å². The van der Waals surface area contributed by atoms with Gasteiger partial charge in [0.1, 0.15) is 5.15 Å². The third-order valence-corrected chi connectivity index (χ3v) is 7.15. The lowest BCUT2D eigenvalue weighted by Gasteiger charge is -2.25. The Morgan fingerprint density at radius 3 is 2.59 bits per heavy atom. The highest BCUT2D eigenvalue weighted by Gasteiger charge is 2.24. The van der Waals surface area contributed by atoms with Crippen molar-refractivity contribution in [1.29, 1.82) is 0 Å². The van der Waals surface area contributed by atoms with E-state index < -0.39 is 5.91 Å². The number of fused-ring (bicyclic) bond motifs is 1. The largest absolute Gasteiger partial charge is 0.296 e. The monoisotopic (exact) mass is 486 g/mol. The molecule has 3 heterocycles. The molecule has 0 spiro atoms. The molecule has 5 nitrogen and oxygen atoms in total. The fraction of sp³-hybridized carbons (Fsp3) is 0.211. The highest BCUT2D eigenvalue weighted by Crippen LogP contribution is 2.36. The fourth-order valence-corrected chi connectivity index (χ4v) is 4.93. The number of pyridine rings is 1. The summed E-state index contributed by atoms with van der Waals surface area (Å²) in [5, 5.41) is 3.10. The second-order valence-electron chi connectivity index (χ2n) is 6.48. The predicted octanol–water partition coefficient (Wildman–Crippen LogP) is 5.96. The van der Waals surface area contributed by atoms with E-state index in [9.17, 15) is 4.79 Å². The highest BCUT2D eigenvalue weighted by molar-refractivity contribution is 7.15. The molecule has 0 aliphatic carbocycles. The van der Waals surface area contributed by atoms with Crippen LogP contribution >= 0.6 is 57.7 Å². The molecule has 1 N–H and O–H groups in total. The number of halogens is 4. The lowest BCUT2D eigenvalue weighted by Crippen LogP contribution is -2.29. The van der Waals surface area contributed by atoms with Gasteiger partial charge in [-0.3, -0.25) is 15.0 Å². The van der Waals surface area contributed by atoms with Crippen LogP contribution in [-0.4, -0.2) is 27.3 Å². The maximum absolute atomic E-state index is 12.6. The summed E-state index contributed by atoms with van der Waals surface area (Å²) in [7, 11) is 0. The smallest absolute Gasteiger partial charge is 0.277 e. The molecule has 0 atom stereocenters. The summed E-state index contributed by atoms with van der Waals surface area (Å²) >= 11 is 25.4. The minimum atomic E-state index is -0.539. The average Bonchev–Trinajstić information content (AvgIpc) is 3.11. The summed E-state index contributed by atoms with van der Waals surface area (Å²) < 4.78 is 0. The van der Waals surface area contributed by atoms with Crippen molar-refractivity contribution in [3.8, 4) is 0 Å². The minimum Gasteiger partial charge on any atom is -0.296 e. The molecule has 4 rings (SSSR count). The third kappa shape index (κ3) is 4.53. The Balaban J connectivity index is 1.48. The van der Waals surface area contributed by atoms with E-state index in [4.69, 9.17) is 46.4 Å². The summed E-state index contributed by atoms with van der Waals surface area (Å²) in [6, 6.07) is 10.3. The molecule has 10 heteroatoms. The van der Waals surface area contributed by atoms with Crippen molar-refractivity contribution < 1.29 is 4.79 Å². The van der Waals surface area contributed by atoms with Gasteiger partial charge in [-0.1, -0.05) is 76.7 Å². The van der Waals surface area contributed by atoms with Crippen molar-refractivity contribution in [2.45, 2.75) is 19.5 Å². The lowest BCUT2D eigenvalue weighted by atomic mass is 10.1. The Hall–Kier alpha value is -1.41. The molecule has 0 bridgehead atoms. The van der Waals surface area contributed by atoms with Crippen molar-refractivity contribution in [2.24, 2.45) is 0 Å². The Labute approximate surface area is 191 Å². The van der Waals surface area contributed by atoms with Crippen molar-refractivity contribution >= 4 is 68.8 Å². The van der Waals surface area contributed by atoms with Crippen LogP contribution in [0.15, 0.2) is 30.3 Å². The van der Waals surface area contributed by atoms with Gasteiger partial charge < -0.3 is 0 Å². The normalized spacial score (nSPS) is 13.9. The SMILES string of the molecule is O=C(Nc1nc2c(s1)CN(Cc1ccccc1)CC2)c1nc(Cl)c(Cl)c(Cl)c1Cl. The summed E-state index contributed by atoms with van der Waals surface area (Å²) in [6.07, 6.45) is 0.826. The number of aromatic nitrogens is 2. The van der Waals surface area contributed by atoms with Crippen LogP contribution in [0.2, 0.25) is 20.2 Å². The standard InChI is InChI=1S/C19H14Cl4N4OS/c20-13-14(21)16(25-17(23)15(13)22)18(28)26-19-24-11-6-7-27(9-12(11)29-19)8-10-4-2-1-3-5-10/h1-5H,6-9H2,(H,24,26,28). The van der Waals surface area contributed by atoms with E-state index in [2.05, 4.69) is 32.3 Å². The van der Waals surface area contributed by atoms with Crippen LogP contribution in [0.4, 0.5) is 5.13 Å². The van der Waals surface area contributed by atoms with Gasteiger partial charge in [0.05, 0.1) is 20.8 Å². The van der Waals surface area contributed by atoms with Gasteiger partial charge in [0, 0.05) is 30.9 Å². The molecule has 2 aromatic heterocycles. The Morgan fingerprint density at radius 1 is 1.07 bits per heavy atom. The van der Waals surface area contributed by atoms with Crippen LogP contribution in [-0.2, 0) is 19.5 Å². The topological polar surface area (TPSA) is 58.1 Å². The zero-order valence-electron chi connectivity index (χ0n) is 14.9. The predicted molar refractivity (Wildman–Crippen MR) is 119 cm³/mol. The Kier molecular flexibility index (Phi) is 6.30. The second kappa shape index (κ2) is 8.76. The molecule has 3 aromatic rings. The zero-order valence-corrected chi connectivity index (χ0v) is 18.7. The molecule has 0 radical (unpaired) electrons. The van der Waals surface area contributed by atoms with Crippen molar-refractivity contribution in [2.75, 3.05) is 11.9 Å². The Morgan fingerprint density at radius 2 is 1.83 bits per heavy atom. The summed E-state index contributed by atoms with van der Waals surface area (Å²) in [5.41, 5.74) is 2.18. The van der Waals surface area contributed by atoms with Crippen LogP contribution in [0.5, 0.6) is 0 Å². The first-order valence-electron chi connectivity index (χ1n) is 8.68. The van der Waals surface area contributed by atoms with E-state index in [1.165, 1.54) is 16.9 Å². The van der Waals surface area contributed by atoms with Gasteiger partial charge in [-0.2, -0.15) is 0 Å². The van der Waals surface area contributed by atoms with Crippen LogP contribution in [0.3, 0.4) is 0 Å². The van der Waals surface area contributed by atoms with E-state index in [1.54, 1.807) is 0 Å². The van der Waals surface area contributed by atoms with Gasteiger partial charge in [-0.25, -0.2) is 9.97 Å². The van der Waals surface area contributed by atoms with Gasteiger partial charge in [0.15, 0.2) is 10.8 Å².